The molecule has 0 spiro atoms. The van der Waals surface area contributed by atoms with Gasteiger partial charge in [-0.25, -0.2) is 0 Å². The fourth-order valence-electron chi connectivity index (χ4n) is 12.2. The first-order chi connectivity index (χ1) is 48.8. The molecule has 534 valence electrons. The van der Waals surface area contributed by atoms with E-state index in [1.807, 2.05) is 127 Å². The van der Waals surface area contributed by atoms with Crippen LogP contribution in [-0.2, 0) is 119 Å². The van der Waals surface area contributed by atoms with Crippen LogP contribution in [-0.4, -0.2) is 190 Å². The van der Waals surface area contributed by atoms with E-state index in [0.29, 0.717) is 22.3 Å². The monoisotopic (exact) mass is 1400 g/mol. The van der Waals surface area contributed by atoms with Crippen molar-refractivity contribution in [3.8, 4) is 0 Å². The summed E-state index contributed by atoms with van der Waals surface area (Å²) in [6.45, 7) is -2.07. The smallest absolute Gasteiger partial charge is 0.187 e. The summed E-state index contributed by atoms with van der Waals surface area (Å²) in [6.07, 6.45) is -31.2. The normalized spacial score (nSPS) is 30.0. The lowest BCUT2D eigenvalue weighted by Gasteiger charge is -2.50. The number of hydrogen-bond acceptors (Lipinski definition) is 23. The van der Waals surface area contributed by atoms with Gasteiger partial charge in [0.25, 0.3) is 0 Å². The van der Waals surface area contributed by atoms with E-state index in [-0.39, 0.29) is 76.8 Å². The topological polar surface area (TPSA) is 340 Å². The van der Waals surface area contributed by atoms with E-state index in [1.165, 1.54) is 6.07 Å². The molecule has 0 bridgehead atoms. The molecule has 4 heterocycles. The number of ether oxygens (including phenoxy) is 14. The highest BCUT2D eigenvalue weighted by Gasteiger charge is 2.57. The fourth-order valence-corrected chi connectivity index (χ4v) is 12.4. The number of aliphatic hydroxyl groups is 8. The molecule has 8 N–H and O–H groups in total. The summed E-state index contributed by atoms with van der Waals surface area (Å²) in [6, 6.07) is 58.2. The number of benzene rings is 7. The van der Waals surface area contributed by atoms with Gasteiger partial charge in [-0.3, -0.25) is 0 Å². The van der Waals surface area contributed by atoms with Crippen LogP contribution < -0.4 is 0 Å². The molecule has 0 aliphatic carbocycles. The van der Waals surface area contributed by atoms with Crippen molar-refractivity contribution in [1.29, 1.82) is 0 Å². The van der Waals surface area contributed by atoms with E-state index in [1.54, 1.807) is 60.7 Å². The number of rotatable bonds is 33. The summed E-state index contributed by atoms with van der Waals surface area (Å²) in [7, 11) is 0. The highest BCUT2D eigenvalue weighted by molar-refractivity contribution is 6.33. The zero-order chi connectivity index (χ0) is 69.7. The Morgan fingerprint density at radius 1 is 0.350 bits per heavy atom. The molecule has 0 unspecified atom stereocenters. The van der Waals surface area contributed by atoms with Gasteiger partial charge in [-0.1, -0.05) is 205 Å². The molecule has 4 aliphatic rings. The minimum absolute atomic E-state index is 0.0236. The van der Waals surface area contributed by atoms with Crippen molar-refractivity contribution in [1.82, 2.24) is 0 Å². The summed E-state index contributed by atoms with van der Waals surface area (Å²) in [5.74, 6) is 0. The lowest BCUT2D eigenvalue weighted by atomic mass is 9.95. The maximum absolute atomic E-state index is 13.4. The molecule has 26 heteroatoms. The average molecular weight is 1400 g/mol. The van der Waals surface area contributed by atoms with Crippen molar-refractivity contribution >= 4 is 17.3 Å². The van der Waals surface area contributed by atoms with Crippen LogP contribution in [0.1, 0.15) is 44.5 Å². The minimum Gasteiger partial charge on any atom is -0.394 e. The Morgan fingerprint density at radius 3 is 1.17 bits per heavy atom. The first kappa shape index (κ1) is 74.4. The molecule has 0 aromatic heterocycles. The van der Waals surface area contributed by atoms with Crippen molar-refractivity contribution in [2.24, 2.45) is 5.11 Å². The Bertz CT molecular complexity index is 3580. The Labute approximate surface area is 583 Å². The lowest BCUT2D eigenvalue weighted by molar-refractivity contribution is -0.392. The molecule has 4 saturated heterocycles. The molecule has 7 aromatic rings. The van der Waals surface area contributed by atoms with Crippen LogP contribution in [0.2, 0.25) is 5.02 Å². The minimum atomic E-state index is -1.97. The van der Waals surface area contributed by atoms with Gasteiger partial charge in [0.1, 0.15) is 97.7 Å². The zero-order valence-electron chi connectivity index (χ0n) is 54.5. The van der Waals surface area contributed by atoms with Crippen molar-refractivity contribution in [2.75, 3.05) is 26.4 Å². The molecule has 100 heavy (non-hydrogen) atoms. The van der Waals surface area contributed by atoms with Gasteiger partial charge < -0.3 is 107 Å². The summed E-state index contributed by atoms with van der Waals surface area (Å²) in [5.41, 5.74) is 15.1. The van der Waals surface area contributed by atoms with E-state index in [9.17, 15) is 46.4 Å². The predicted octanol–water partition coefficient (Wildman–Crippen LogP) is 6.91. The van der Waals surface area contributed by atoms with Crippen LogP contribution in [0.25, 0.3) is 10.4 Å². The molecule has 20 atom stereocenters. The van der Waals surface area contributed by atoms with Crippen molar-refractivity contribution in [3.05, 3.63) is 254 Å². The third-order valence-electron chi connectivity index (χ3n) is 17.6. The number of azide groups is 1. The van der Waals surface area contributed by atoms with Crippen molar-refractivity contribution in [3.63, 3.8) is 0 Å². The van der Waals surface area contributed by atoms with E-state index in [0.717, 1.165) is 22.3 Å². The molecule has 0 saturated carbocycles. The number of aliphatic hydroxyl groups excluding tert-OH is 8. The largest absolute Gasteiger partial charge is 0.394 e. The SMILES string of the molecule is [N-]=[N+]=Nc1ccc(CO[C@@H]2[C@@H](O)[C@H](O[C@@H]3[C@@H](O)[C@H](O[C@@H]4[C@@H](O)[C@H](OCc5ccc(CO)cc5)O[C@H](COCc5ccccc5)[C@H]4OCc4ccccc4)O[C@H](CO[C@@H]4O[C@H](CO)[C@@H](O)[C@H](O)[C@H]4O)[C@H]3OCc3ccccc3)O[C@H](COCc3ccccc3)[C@H]2OCc2ccccc2)cc1Cl. The average Bonchev–Trinajstić information content (AvgIpc) is 0.771. The number of nitrogens with zero attached hydrogens (tertiary/aromatic N) is 3. The standard InChI is InChI=1S/C74H84ClN3O22/c75-53-32-52(30-31-54(53)77-78-76)41-92-68-62(84)73(97-56(42-87-35-46-16-6-1-7-17-46)65(68)89-37-48-20-10-3-11-21-48)100-70-64(86)74(98-58(67(70)91-39-50-24-14-5-15-25-50)44-94-71-61(83)60(82)59(81)55(34-80)95-71)99-69-63(85)72(93-40-51-28-26-45(33-79)27-29-51)96-57(43-88-36-47-18-8-2-9-19-47)66(69)90-38-49-22-12-4-13-23-49/h1-32,55-74,79-86H,33-44H2/t55-,56-,57-,58-,59-,60+,61-,62-,63-,64-,65-,66-,67-,68-,69-,70-,71-,72-,73+,74+/m1/s1. The molecular formula is C74H84ClN3O22. The molecule has 4 aliphatic heterocycles. The van der Waals surface area contributed by atoms with Gasteiger partial charge in [0.05, 0.1) is 90.0 Å². The van der Waals surface area contributed by atoms with Crippen molar-refractivity contribution < 1.29 is 107 Å². The molecule has 4 fully saturated rings. The van der Waals surface area contributed by atoms with Gasteiger partial charge in [0.15, 0.2) is 25.2 Å². The molecule has 0 amide bonds. The summed E-state index contributed by atoms with van der Waals surface area (Å²) in [5, 5.41) is 96.3. The second kappa shape index (κ2) is 37.4. The second-order valence-corrected chi connectivity index (χ2v) is 25.1. The predicted molar refractivity (Wildman–Crippen MR) is 357 cm³/mol. The molecular weight excluding hydrogens is 1320 g/mol. The maximum atomic E-state index is 13.4. The Balaban J connectivity index is 0.980. The lowest BCUT2D eigenvalue weighted by Crippen LogP contribution is -2.68. The Kier molecular flexibility index (Phi) is 27.9. The highest BCUT2D eigenvalue weighted by atomic mass is 35.5. The first-order valence-corrected chi connectivity index (χ1v) is 33.4. The van der Waals surface area contributed by atoms with Gasteiger partial charge in [-0.2, -0.15) is 0 Å². The van der Waals surface area contributed by atoms with Gasteiger partial charge >= 0.3 is 0 Å². The van der Waals surface area contributed by atoms with E-state index in [2.05, 4.69) is 10.0 Å². The first-order valence-electron chi connectivity index (χ1n) is 33.0. The van der Waals surface area contributed by atoms with E-state index >= 15 is 0 Å². The fraction of sp³-hybridized carbons (Fsp3) is 0.432. The number of hydrogen-bond donors (Lipinski definition) is 8. The highest BCUT2D eigenvalue weighted by Crippen LogP contribution is 2.38. The third-order valence-corrected chi connectivity index (χ3v) is 17.9. The van der Waals surface area contributed by atoms with Gasteiger partial charge in [-0.15, -0.1) is 0 Å². The molecule has 25 nitrogen and oxygen atoms in total. The van der Waals surface area contributed by atoms with Crippen LogP contribution in [0.15, 0.2) is 199 Å². The Hall–Kier alpha value is -6.74. The number of halogens is 1. The van der Waals surface area contributed by atoms with Gasteiger partial charge in [-0.05, 0) is 56.1 Å². The van der Waals surface area contributed by atoms with Crippen molar-refractivity contribution in [2.45, 2.75) is 176 Å². The summed E-state index contributed by atoms with van der Waals surface area (Å²) >= 11 is 6.59. The van der Waals surface area contributed by atoms with E-state index in [4.69, 9.17) is 77.9 Å². The van der Waals surface area contributed by atoms with Gasteiger partial charge in [0, 0.05) is 4.91 Å². The summed E-state index contributed by atoms with van der Waals surface area (Å²) < 4.78 is 92.6. The molecule has 7 aromatic carbocycles. The zero-order valence-corrected chi connectivity index (χ0v) is 55.3. The molecule has 0 radical (unpaired) electrons. The Morgan fingerprint density at radius 2 is 0.710 bits per heavy atom. The van der Waals surface area contributed by atoms with Crippen LogP contribution in [0.3, 0.4) is 0 Å². The third kappa shape index (κ3) is 19.9. The summed E-state index contributed by atoms with van der Waals surface area (Å²) in [4.78, 5) is 2.87. The van der Waals surface area contributed by atoms with Crippen LogP contribution in [0.5, 0.6) is 0 Å². The quantitative estimate of drug-likeness (QED) is 0.0118. The second-order valence-electron chi connectivity index (χ2n) is 24.7. The van der Waals surface area contributed by atoms with Crippen LogP contribution >= 0.6 is 11.6 Å². The van der Waals surface area contributed by atoms with Crippen LogP contribution in [0, 0.1) is 0 Å². The van der Waals surface area contributed by atoms with E-state index < -0.39 is 136 Å². The van der Waals surface area contributed by atoms with Crippen LogP contribution in [0.4, 0.5) is 5.69 Å². The van der Waals surface area contributed by atoms with Gasteiger partial charge in [0.2, 0.25) is 0 Å². The molecule has 11 rings (SSSR count). The maximum Gasteiger partial charge on any atom is 0.187 e.